The molecule has 0 unspecified atom stereocenters. The quantitative estimate of drug-likeness (QED) is 0.361. The summed E-state index contributed by atoms with van der Waals surface area (Å²) in [5, 5.41) is 5.71. The number of ether oxygens (including phenoxy) is 2. The van der Waals surface area contributed by atoms with E-state index >= 15 is 0 Å². The van der Waals surface area contributed by atoms with Gasteiger partial charge < -0.3 is 14.4 Å². The van der Waals surface area contributed by atoms with Crippen molar-refractivity contribution in [2.45, 2.75) is 32.7 Å². The fraction of sp³-hybridized carbons (Fsp3) is 0.321. The fourth-order valence-electron chi connectivity index (χ4n) is 4.73. The molecule has 0 amide bonds. The van der Waals surface area contributed by atoms with Crippen molar-refractivity contribution in [1.29, 1.82) is 0 Å². The zero-order valence-electron chi connectivity index (χ0n) is 20.4. The highest BCUT2D eigenvalue weighted by molar-refractivity contribution is 6.00. The molecule has 5 rings (SSSR count). The number of aryl methyl sites for hydroxylation is 1. The second-order valence-electron chi connectivity index (χ2n) is 8.81. The lowest BCUT2D eigenvalue weighted by molar-refractivity contribution is 0.0520. The summed E-state index contributed by atoms with van der Waals surface area (Å²) in [6.45, 7) is 5.68. The van der Waals surface area contributed by atoms with Crippen LogP contribution in [-0.4, -0.2) is 53.6 Å². The van der Waals surface area contributed by atoms with E-state index in [-0.39, 0.29) is 12.3 Å². The largest absolute Gasteiger partial charge is 0.461 e. The normalized spacial score (nSPS) is 14.3. The van der Waals surface area contributed by atoms with Crippen molar-refractivity contribution in [3.05, 3.63) is 72.1 Å². The molecular formula is C28H30N4O3. The van der Waals surface area contributed by atoms with Gasteiger partial charge in [0.05, 0.1) is 23.4 Å². The van der Waals surface area contributed by atoms with Crippen LogP contribution in [0.1, 0.15) is 35.9 Å². The molecule has 0 N–H and O–H groups in total. The Labute approximate surface area is 205 Å². The van der Waals surface area contributed by atoms with E-state index in [1.165, 1.54) is 0 Å². The molecule has 0 bridgehead atoms. The molecule has 0 radical (unpaired) electrons. The van der Waals surface area contributed by atoms with Crippen molar-refractivity contribution in [2.24, 2.45) is 0 Å². The number of carbonyl (C=O) groups is 1. The van der Waals surface area contributed by atoms with Gasteiger partial charge in [-0.25, -0.2) is 14.5 Å². The second-order valence-corrected chi connectivity index (χ2v) is 8.81. The number of hydrogen-bond donors (Lipinski definition) is 0. The SMILES string of the molecule is CCOC(=O)c1cc(-c2ccc(N(C)C3CCOCC3)cc2)c2c(C)nn(-c3ccccc3)c2n1. The predicted molar refractivity (Wildman–Crippen MR) is 137 cm³/mol. The lowest BCUT2D eigenvalue weighted by Crippen LogP contribution is -2.36. The van der Waals surface area contributed by atoms with Gasteiger partial charge in [-0.15, -0.1) is 0 Å². The van der Waals surface area contributed by atoms with Crippen molar-refractivity contribution in [3.8, 4) is 16.8 Å². The Hall–Kier alpha value is -3.71. The Kier molecular flexibility index (Phi) is 6.51. The lowest BCUT2D eigenvalue weighted by atomic mass is 10.00. The number of carbonyl (C=O) groups excluding carboxylic acids is 1. The third-order valence-electron chi connectivity index (χ3n) is 6.62. The molecule has 2 aromatic heterocycles. The van der Waals surface area contributed by atoms with Crippen LogP contribution in [0.4, 0.5) is 5.69 Å². The molecule has 7 nitrogen and oxygen atoms in total. The minimum Gasteiger partial charge on any atom is -0.461 e. The van der Waals surface area contributed by atoms with E-state index in [2.05, 4.69) is 41.2 Å². The van der Waals surface area contributed by atoms with E-state index in [4.69, 9.17) is 14.6 Å². The third-order valence-corrected chi connectivity index (χ3v) is 6.62. The number of benzene rings is 2. The summed E-state index contributed by atoms with van der Waals surface area (Å²) in [5.74, 6) is -0.440. The van der Waals surface area contributed by atoms with Gasteiger partial charge in [0, 0.05) is 32.0 Å². The minimum absolute atomic E-state index is 0.273. The van der Waals surface area contributed by atoms with E-state index in [0.717, 1.165) is 59.6 Å². The summed E-state index contributed by atoms with van der Waals surface area (Å²) in [5.41, 5.74) is 5.73. The molecule has 0 saturated carbocycles. The van der Waals surface area contributed by atoms with Gasteiger partial charge >= 0.3 is 5.97 Å². The Morgan fingerprint density at radius 2 is 1.83 bits per heavy atom. The highest BCUT2D eigenvalue weighted by atomic mass is 16.5. The molecule has 2 aromatic carbocycles. The van der Waals surface area contributed by atoms with Gasteiger partial charge in [-0.05, 0) is 68.1 Å². The Bertz CT molecular complexity index is 1330. The molecule has 3 heterocycles. The van der Waals surface area contributed by atoms with Crippen LogP contribution < -0.4 is 4.90 Å². The summed E-state index contributed by atoms with van der Waals surface area (Å²) >= 11 is 0. The average Bonchev–Trinajstić information content (AvgIpc) is 3.25. The molecule has 0 aliphatic carbocycles. The summed E-state index contributed by atoms with van der Waals surface area (Å²) in [7, 11) is 2.14. The zero-order valence-corrected chi connectivity index (χ0v) is 20.4. The molecule has 180 valence electrons. The summed E-state index contributed by atoms with van der Waals surface area (Å²) < 4.78 is 12.6. The van der Waals surface area contributed by atoms with Crippen molar-refractivity contribution < 1.29 is 14.3 Å². The fourth-order valence-corrected chi connectivity index (χ4v) is 4.73. The minimum atomic E-state index is -0.440. The van der Waals surface area contributed by atoms with E-state index in [0.29, 0.717) is 11.7 Å². The number of pyridine rings is 1. The van der Waals surface area contributed by atoms with E-state index in [1.807, 2.05) is 43.3 Å². The van der Waals surface area contributed by atoms with Gasteiger partial charge in [-0.3, -0.25) is 0 Å². The first kappa shape index (κ1) is 23.1. The van der Waals surface area contributed by atoms with Gasteiger partial charge in [0.25, 0.3) is 0 Å². The van der Waals surface area contributed by atoms with Crippen LogP contribution >= 0.6 is 0 Å². The number of nitrogens with zero attached hydrogens (tertiary/aromatic N) is 4. The number of hydrogen-bond acceptors (Lipinski definition) is 6. The Morgan fingerprint density at radius 1 is 1.11 bits per heavy atom. The molecule has 0 atom stereocenters. The average molecular weight is 471 g/mol. The van der Waals surface area contributed by atoms with Gasteiger partial charge in [0.15, 0.2) is 11.3 Å². The van der Waals surface area contributed by atoms with Crippen LogP contribution in [0.3, 0.4) is 0 Å². The van der Waals surface area contributed by atoms with Gasteiger partial charge in [-0.1, -0.05) is 30.3 Å². The van der Waals surface area contributed by atoms with Crippen LogP contribution in [0, 0.1) is 6.92 Å². The third kappa shape index (κ3) is 4.51. The topological polar surface area (TPSA) is 69.5 Å². The maximum absolute atomic E-state index is 12.7. The summed E-state index contributed by atoms with van der Waals surface area (Å²) in [6, 6.07) is 20.6. The Balaban J connectivity index is 1.61. The number of anilines is 1. The van der Waals surface area contributed by atoms with Crippen molar-refractivity contribution >= 4 is 22.7 Å². The van der Waals surface area contributed by atoms with Crippen LogP contribution in [0.5, 0.6) is 0 Å². The van der Waals surface area contributed by atoms with E-state index in [9.17, 15) is 4.79 Å². The van der Waals surface area contributed by atoms with E-state index in [1.54, 1.807) is 11.6 Å². The number of fused-ring (bicyclic) bond motifs is 1. The molecule has 35 heavy (non-hydrogen) atoms. The number of para-hydroxylation sites is 1. The highest BCUT2D eigenvalue weighted by Crippen LogP contribution is 2.34. The summed E-state index contributed by atoms with van der Waals surface area (Å²) in [6.07, 6.45) is 2.06. The van der Waals surface area contributed by atoms with Crippen LogP contribution in [0.15, 0.2) is 60.7 Å². The lowest BCUT2D eigenvalue weighted by Gasteiger charge is -2.33. The first-order valence-corrected chi connectivity index (χ1v) is 12.1. The second kappa shape index (κ2) is 9.88. The molecular weight excluding hydrogens is 440 g/mol. The van der Waals surface area contributed by atoms with Crippen LogP contribution in [-0.2, 0) is 9.47 Å². The molecule has 1 aliphatic rings. The number of rotatable bonds is 6. The molecule has 4 aromatic rings. The van der Waals surface area contributed by atoms with E-state index < -0.39 is 5.97 Å². The predicted octanol–water partition coefficient (Wildman–Crippen LogP) is 5.19. The Morgan fingerprint density at radius 3 is 2.51 bits per heavy atom. The number of aromatic nitrogens is 3. The standard InChI is InChI=1S/C28H30N4O3/c1-4-35-28(33)25-18-24(20-10-12-21(13-11-20)31(3)22-14-16-34-17-15-22)26-19(2)30-32(27(26)29-25)23-8-6-5-7-9-23/h5-13,18,22H,4,14-17H2,1-3H3. The van der Waals surface area contributed by atoms with Crippen LogP contribution in [0.25, 0.3) is 27.8 Å². The van der Waals surface area contributed by atoms with Gasteiger partial charge in [0.1, 0.15) is 0 Å². The van der Waals surface area contributed by atoms with Gasteiger partial charge in [-0.2, -0.15) is 5.10 Å². The molecule has 1 saturated heterocycles. The molecule has 1 aliphatic heterocycles. The van der Waals surface area contributed by atoms with Crippen molar-refractivity contribution in [3.63, 3.8) is 0 Å². The maximum Gasteiger partial charge on any atom is 0.357 e. The van der Waals surface area contributed by atoms with Crippen LogP contribution in [0.2, 0.25) is 0 Å². The smallest absolute Gasteiger partial charge is 0.357 e. The van der Waals surface area contributed by atoms with Gasteiger partial charge in [0.2, 0.25) is 0 Å². The van der Waals surface area contributed by atoms with Crippen molar-refractivity contribution in [1.82, 2.24) is 14.8 Å². The zero-order chi connectivity index (χ0) is 24.4. The number of esters is 1. The molecule has 7 heteroatoms. The molecule has 0 spiro atoms. The highest BCUT2D eigenvalue weighted by Gasteiger charge is 2.22. The first-order chi connectivity index (χ1) is 17.1. The van der Waals surface area contributed by atoms with Crippen molar-refractivity contribution in [2.75, 3.05) is 31.8 Å². The molecule has 1 fully saturated rings. The first-order valence-electron chi connectivity index (χ1n) is 12.1. The summed E-state index contributed by atoms with van der Waals surface area (Å²) in [4.78, 5) is 19.7. The monoisotopic (exact) mass is 470 g/mol. The maximum atomic E-state index is 12.7.